The molecule has 1 fully saturated rings. The predicted molar refractivity (Wildman–Crippen MR) is 112 cm³/mol. The molecule has 1 saturated heterocycles. The Kier molecular flexibility index (Phi) is 6.01. The summed E-state index contributed by atoms with van der Waals surface area (Å²) in [7, 11) is 1.79. The summed E-state index contributed by atoms with van der Waals surface area (Å²) in [5.41, 5.74) is 3.12. The highest BCUT2D eigenvalue weighted by molar-refractivity contribution is 5.82. The van der Waals surface area contributed by atoms with Crippen molar-refractivity contribution in [2.75, 3.05) is 18.4 Å². The number of aromatic nitrogens is 3. The Morgan fingerprint density at radius 2 is 2.27 bits per heavy atom. The van der Waals surface area contributed by atoms with E-state index in [9.17, 15) is 14.7 Å². The summed E-state index contributed by atoms with van der Waals surface area (Å²) in [6, 6.07) is 3.80. The van der Waals surface area contributed by atoms with Crippen LogP contribution in [0.15, 0.2) is 24.5 Å². The molecule has 8 heteroatoms. The number of aliphatic carboxylic acids is 1. The second-order valence-electron chi connectivity index (χ2n) is 8.31. The van der Waals surface area contributed by atoms with E-state index in [1.807, 2.05) is 0 Å². The number of nitrogens with zero attached hydrogens (tertiary/aromatic N) is 4. The SMILES string of the molecule is Cn1cc([C@H](CC(=O)O)N2CCC(CCCc3ccc4c(n3)NCCC4)C2=O)cn1. The van der Waals surface area contributed by atoms with Crippen LogP contribution in [0.4, 0.5) is 5.82 Å². The minimum absolute atomic E-state index is 0.0475. The maximum absolute atomic E-state index is 13.0. The number of carbonyl (C=O) groups is 2. The third-order valence-corrected chi connectivity index (χ3v) is 6.14. The predicted octanol–water partition coefficient (Wildman–Crippen LogP) is 2.56. The van der Waals surface area contributed by atoms with Crippen molar-refractivity contribution in [2.24, 2.45) is 13.0 Å². The zero-order chi connectivity index (χ0) is 21.1. The van der Waals surface area contributed by atoms with Gasteiger partial charge < -0.3 is 15.3 Å². The molecular formula is C22H29N5O3. The molecule has 30 heavy (non-hydrogen) atoms. The lowest BCUT2D eigenvalue weighted by Crippen LogP contribution is -2.33. The molecule has 0 bridgehead atoms. The molecule has 0 spiro atoms. The van der Waals surface area contributed by atoms with Gasteiger partial charge in [0.2, 0.25) is 5.91 Å². The van der Waals surface area contributed by atoms with Gasteiger partial charge in [0.15, 0.2) is 0 Å². The van der Waals surface area contributed by atoms with E-state index < -0.39 is 12.0 Å². The second-order valence-corrected chi connectivity index (χ2v) is 8.31. The molecule has 2 aliphatic rings. The first-order chi connectivity index (χ1) is 14.5. The van der Waals surface area contributed by atoms with Crippen LogP contribution in [0.3, 0.4) is 0 Å². The van der Waals surface area contributed by atoms with Crippen LogP contribution in [-0.4, -0.2) is 49.7 Å². The first kappa shape index (κ1) is 20.4. The topological polar surface area (TPSA) is 100 Å². The van der Waals surface area contributed by atoms with Gasteiger partial charge in [0.1, 0.15) is 5.82 Å². The van der Waals surface area contributed by atoms with Gasteiger partial charge in [-0.05, 0) is 50.2 Å². The van der Waals surface area contributed by atoms with Gasteiger partial charge in [-0.1, -0.05) is 6.07 Å². The Bertz CT molecular complexity index is 925. The molecule has 2 aromatic rings. The van der Waals surface area contributed by atoms with Crippen LogP contribution in [-0.2, 0) is 29.5 Å². The third kappa shape index (κ3) is 4.47. The van der Waals surface area contributed by atoms with E-state index in [0.717, 1.165) is 62.1 Å². The van der Waals surface area contributed by atoms with Crippen molar-refractivity contribution in [1.82, 2.24) is 19.7 Å². The minimum atomic E-state index is -0.910. The fourth-order valence-electron chi connectivity index (χ4n) is 4.56. The summed E-state index contributed by atoms with van der Waals surface area (Å²) in [4.78, 5) is 30.9. The fraction of sp³-hybridized carbons (Fsp3) is 0.545. The van der Waals surface area contributed by atoms with E-state index in [0.29, 0.717) is 6.54 Å². The average Bonchev–Trinajstić information content (AvgIpc) is 3.32. The molecule has 2 aromatic heterocycles. The van der Waals surface area contributed by atoms with Gasteiger partial charge in [-0.3, -0.25) is 14.3 Å². The standard InChI is InChI=1S/C22H29N5O3/c1-26-14-17(13-24-26)19(12-20(28)29)27-11-9-16(22(27)30)4-2-6-18-8-7-15-5-3-10-23-21(15)25-18/h7-8,13-14,16,19H,2-6,9-12H2,1H3,(H,23,25)(H,28,29)/t16?,19-/m0/s1. The average molecular weight is 412 g/mol. The molecule has 2 aliphatic heterocycles. The number of nitrogens with one attached hydrogen (secondary N) is 1. The number of hydrogen-bond donors (Lipinski definition) is 2. The van der Waals surface area contributed by atoms with Crippen molar-refractivity contribution in [2.45, 2.75) is 51.0 Å². The molecule has 4 heterocycles. The molecule has 8 nitrogen and oxygen atoms in total. The maximum atomic E-state index is 13.0. The molecule has 160 valence electrons. The van der Waals surface area contributed by atoms with Gasteiger partial charge in [-0.15, -0.1) is 0 Å². The number of aryl methyl sites for hydroxylation is 3. The summed E-state index contributed by atoms with van der Waals surface area (Å²) < 4.78 is 1.64. The van der Waals surface area contributed by atoms with Crippen molar-refractivity contribution in [3.05, 3.63) is 41.3 Å². The van der Waals surface area contributed by atoms with Crippen LogP contribution in [0.25, 0.3) is 0 Å². The number of pyridine rings is 1. The lowest BCUT2D eigenvalue weighted by Gasteiger charge is -2.26. The second kappa shape index (κ2) is 8.85. The molecule has 0 aliphatic carbocycles. The maximum Gasteiger partial charge on any atom is 0.305 e. The quantitative estimate of drug-likeness (QED) is 0.692. The van der Waals surface area contributed by atoms with Gasteiger partial charge in [0.05, 0.1) is 18.7 Å². The van der Waals surface area contributed by atoms with Crippen molar-refractivity contribution in [1.29, 1.82) is 0 Å². The number of carboxylic acids is 1. The smallest absolute Gasteiger partial charge is 0.305 e. The molecule has 1 amide bonds. The number of fused-ring (bicyclic) bond motifs is 1. The highest BCUT2D eigenvalue weighted by Gasteiger charge is 2.37. The van der Waals surface area contributed by atoms with Crippen LogP contribution in [0.2, 0.25) is 0 Å². The zero-order valence-corrected chi connectivity index (χ0v) is 17.4. The third-order valence-electron chi connectivity index (χ3n) is 6.14. The molecule has 1 unspecified atom stereocenters. The summed E-state index contributed by atoms with van der Waals surface area (Å²) in [5, 5.41) is 16.9. The van der Waals surface area contributed by atoms with E-state index >= 15 is 0 Å². The first-order valence-electron chi connectivity index (χ1n) is 10.7. The summed E-state index contributed by atoms with van der Waals surface area (Å²) in [6.45, 7) is 1.57. The van der Waals surface area contributed by atoms with Crippen molar-refractivity contribution >= 4 is 17.7 Å². The normalized spacial score (nSPS) is 19.4. The van der Waals surface area contributed by atoms with E-state index in [1.54, 1.807) is 29.0 Å². The Labute approximate surface area is 176 Å². The van der Waals surface area contributed by atoms with E-state index in [-0.39, 0.29) is 18.2 Å². The van der Waals surface area contributed by atoms with Gasteiger partial charge in [-0.2, -0.15) is 5.10 Å². The van der Waals surface area contributed by atoms with E-state index in [2.05, 4.69) is 22.5 Å². The Morgan fingerprint density at radius 3 is 3.03 bits per heavy atom. The van der Waals surface area contributed by atoms with Gasteiger partial charge in [0.25, 0.3) is 0 Å². The monoisotopic (exact) mass is 411 g/mol. The number of anilines is 1. The van der Waals surface area contributed by atoms with E-state index in [1.165, 1.54) is 5.56 Å². The van der Waals surface area contributed by atoms with Crippen LogP contribution in [0, 0.1) is 5.92 Å². The summed E-state index contributed by atoms with van der Waals surface area (Å²) >= 11 is 0. The zero-order valence-electron chi connectivity index (χ0n) is 17.4. The highest BCUT2D eigenvalue weighted by Crippen LogP contribution is 2.33. The largest absolute Gasteiger partial charge is 0.481 e. The lowest BCUT2D eigenvalue weighted by molar-refractivity contribution is -0.140. The van der Waals surface area contributed by atoms with Gasteiger partial charge in [0, 0.05) is 43.5 Å². The Balaban J connectivity index is 1.35. The van der Waals surface area contributed by atoms with Gasteiger partial charge in [-0.25, -0.2) is 4.98 Å². The molecule has 4 rings (SSSR count). The van der Waals surface area contributed by atoms with Crippen LogP contribution in [0.1, 0.15) is 55.0 Å². The van der Waals surface area contributed by atoms with Gasteiger partial charge >= 0.3 is 5.97 Å². The molecule has 2 atom stereocenters. The van der Waals surface area contributed by atoms with Crippen LogP contribution >= 0.6 is 0 Å². The molecule has 0 saturated carbocycles. The van der Waals surface area contributed by atoms with E-state index in [4.69, 9.17) is 4.98 Å². The lowest BCUT2D eigenvalue weighted by atomic mass is 9.99. The number of amides is 1. The van der Waals surface area contributed by atoms with Crippen LogP contribution < -0.4 is 5.32 Å². The molecule has 0 radical (unpaired) electrons. The number of carboxylic acid groups (broad SMARTS) is 1. The van der Waals surface area contributed by atoms with Crippen molar-refractivity contribution in [3.63, 3.8) is 0 Å². The number of likely N-dealkylation sites (tertiary alicyclic amines) is 1. The highest BCUT2D eigenvalue weighted by atomic mass is 16.4. The minimum Gasteiger partial charge on any atom is -0.481 e. The fourth-order valence-corrected chi connectivity index (χ4v) is 4.56. The molecule has 2 N–H and O–H groups in total. The number of rotatable bonds is 8. The Hall–Kier alpha value is -2.90. The molecule has 0 aromatic carbocycles. The van der Waals surface area contributed by atoms with Crippen molar-refractivity contribution in [3.8, 4) is 0 Å². The number of hydrogen-bond acceptors (Lipinski definition) is 5. The molecular weight excluding hydrogens is 382 g/mol. The van der Waals surface area contributed by atoms with Crippen molar-refractivity contribution < 1.29 is 14.7 Å². The Morgan fingerprint density at radius 1 is 1.40 bits per heavy atom. The summed E-state index contributed by atoms with van der Waals surface area (Å²) in [5.74, 6) is 0.112. The van der Waals surface area contributed by atoms with Crippen LogP contribution in [0.5, 0.6) is 0 Å². The first-order valence-corrected chi connectivity index (χ1v) is 10.7. The number of carbonyl (C=O) groups excluding carboxylic acids is 1. The summed E-state index contributed by atoms with van der Waals surface area (Å²) in [6.07, 6.45) is 8.89.